The quantitative estimate of drug-likeness (QED) is 0.397. The third-order valence-electron chi connectivity index (χ3n) is 8.47. The van der Waals surface area contributed by atoms with Crippen molar-refractivity contribution in [3.05, 3.63) is 105 Å². The summed E-state index contributed by atoms with van der Waals surface area (Å²) in [5, 5.41) is 6.79. The van der Waals surface area contributed by atoms with Gasteiger partial charge in [-0.05, 0) is 49.1 Å². The molecule has 2 N–H and O–H groups in total. The fourth-order valence-electron chi connectivity index (χ4n) is 6.30. The summed E-state index contributed by atoms with van der Waals surface area (Å²) in [7, 11) is 3.49. The van der Waals surface area contributed by atoms with E-state index in [1.807, 2.05) is 42.1 Å². The predicted molar refractivity (Wildman–Crippen MR) is 159 cm³/mol. The lowest BCUT2D eigenvalue weighted by molar-refractivity contribution is 0.101. The molecule has 1 aromatic carbocycles. The van der Waals surface area contributed by atoms with Crippen LogP contribution in [-0.4, -0.2) is 59.2 Å². The van der Waals surface area contributed by atoms with Crippen molar-refractivity contribution in [3.63, 3.8) is 0 Å². The van der Waals surface area contributed by atoms with E-state index in [0.29, 0.717) is 36.6 Å². The van der Waals surface area contributed by atoms with Crippen LogP contribution in [0.25, 0.3) is 10.9 Å². The number of hydrogen-bond donors (Lipinski definition) is 2. The second kappa shape index (κ2) is 12.0. The summed E-state index contributed by atoms with van der Waals surface area (Å²) in [5.74, 6) is -0.339. The van der Waals surface area contributed by atoms with Crippen LogP contribution in [-0.2, 0) is 26.1 Å². The molecule has 3 aliphatic rings. The number of benzene rings is 1. The second-order valence-corrected chi connectivity index (χ2v) is 11.1. The number of ether oxygens (including phenoxy) is 1. The van der Waals surface area contributed by atoms with E-state index in [-0.39, 0.29) is 28.8 Å². The number of hydrogen-bond acceptors (Lipinski definition) is 7. The minimum absolute atomic E-state index is 0.160. The van der Waals surface area contributed by atoms with Crippen molar-refractivity contribution in [2.24, 2.45) is 0 Å². The minimum atomic E-state index is -0.984. The first-order valence-corrected chi connectivity index (χ1v) is 14.4. The maximum Gasteiger partial charge on any atom is 0.213 e. The molecule has 1 unspecified atom stereocenters. The van der Waals surface area contributed by atoms with Crippen LogP contribution in [0.1, 0.15) is 29.5 Å². The summed E-state index contributed by atoms with van der Waals surface area (Å²) in [6.07, 6.45) is 13.8. The molecule has 5 heterocycles. The molecule has 2 aromatic heterocycles. The van der Waals surface area contributed by atoms with Gasteiger partial charge in [0.25, 0.3) is 0 Å². The summed E-state index contributed by atoms with van der Waals surface area (Å²) in [5.41, 5.74) is 3.28. The van der Waals surface area contributed by atoms with E-state index in [0.717, 1.165) is 49.9 Å². The Labute approximate surface area is 244 Å². The van der Waals surface area contributed by atoms with Crippen molar-refractivity contribution < 1.29 is 13.5 Å². The van der Waals surface area contributed by atoms with Gasteiger partial charge in [0.05, 0.1) is 25.0 Å². The Morgan fingerprint density at radius 3 is 2.88 bits per heavy atom. The third kappa shape index (κ3) is 5.51. The number of nitrogens with zero attached hydrogens (tertiary/aromatic N) is 4. The van der Waals surface area contributed by atoms with Crippen LogP contribution in [0.2, 0.25) is 0 Å². The first-order chi connectivity index (χ1) is 20.4. The Balaban J connectivity index is 1.37. The molecule has 0 spiro atoms. The molecule has 6 rings (SSSR count). The molecule has 8 nitrogen and oxygen atoms in total. The lowest BCUT2D eigenvalue weighted by atomic mass is 10.00. The number of aromatic nitrogens is 2. The Kier molecular flexibility index (Phi) is 7.97. The smallest absolute Gasteiger partial charge is 0.213 e. The molecule has 0 amide bonds. The van der Waals surface area contributed by atoms with E-state index in [4.69, 9.17) is 4.74 Å². The lowest BCUT2D eigenvalue weighted by Gasteiger charge is -2.42. The number of halogens is 2. The molecular weight excluding hydrogens is 538 g/mol. The standard InChI is InChI=1S/C32H36F2N6O2/c1-35-28-9-8-23(16-37-28)38-13-5-6-24(20-38)40(17-21-10-11-36-29(14-21)42-2)19-22-18-39-12-4-3-7-25-30(34)27(33)15-26(31(25)39)32(22)41/h3-4,8-11,14-15,18,24,35,37H,5-7,12-13,16-17,19-20H2,1-2H3. The molecule has 0 saturated carbocycles. The van der Waals surface area contributed by atoms with E-state index in [1.165, 1.54) is 5.70 Å². The average molecular weight is 575 g/mol. The molecule has 0 aliphatic carbocycles. The highest BCUT2D eigenvalue weighted by atomic mass is 19.2. The topological polar surface area (TPSA) is 74.7 Å². The number of allylic oxidation sites excluding steroid dienone is 4. The van der Waals surface area contributed by atoms with Gasteiger partial charge in [0.2, 0.25) is 5.88 Å². The highest BCUT2D eigenvalue weighted by molar-refractivity contribution is 5.83. The largest absolute Gasteiger partial charge is 0.481 e. The zero-order chi connectivity index (χ0) is 29.2. The summed E-state index contributed by atoms with van der Waals surface area (Å²) in [6, 6.07) is 5.11. The average Bonchev–Trinajstić information content (AvgIpc) is 3.24. The molecule has 3 aliphatic heterocycles. The highest BCUT2D eigenvalue weighted by Gasteiger charge is 2.29. The number of pyridine rings is 2. The molecule has 1 saturated heterocycles. The van der Waals surface area contributed by atoms with Gasteiger partial charge in [0, 0.05) is 86.5 Å². The van der Waals surface area contributed by atoms with Crippen molar-refractivity contribution >= 4 is 10.9 Å². The van der Waals surface area contributed by atoms with Crippen LogP contribution in [0.15, 0.2) is 71.2 Å². The van der Waals surface area contributed by atoms with Crippen molar-refractivity contribution in [2.45, 2.75) is 44.9 Å². The van der Waals surface area contributed by atoms with Crippen LogP contribution in [0.4, 0.5) is 8.78 Å². The molecule has 42 heavy (non-hydrogen) atoms. The van der Waals surface area contributed by atoms with Crippen molar-refractivity contribution in [3.8, 4) is 5.88 Å². The Morgan fingerprint density at radius 1 is 1.21 bits per heavy atom. The summed E-state index contributed by atoms with van der Waals surface area (Å²) in [4.78, 5) is 22.9. The molecule has 0 radical (unpaired) electrons. The minimum Gasteiger partial charge on any atom is -0.481 e. The van der Waals surface area contributed by atoms with Gasteiger partial charge in [0.1, 0.15) is 0 Å². The van der Waals surface area contributed by atoms with Gasteiger partial charge in [-0.1, -0.05) is 12.2 Å². The normalized spacial score (nSPS) is 18.4. The number of rotatable bonds is 8. The van der Waals surface area contributed by atoms with Crippen LogP contribution in [0.3, 0.4) is 0 Å². The first-order valence-electron chi connectivity index (χ1n) is 14.4. The van der Waals surface area contributed by atoms with Gasteiger partial charge in [-0.3, -0.25) is 9.69 Å². The van der Waals surface area contributed by atoms with Crippen LogP contribution < -0.4 is 20.8 Å². The Morgan fingerprint density at radius 2 is 2.10 bits per heavy atom. The maximum absolute atomic E-state index is 14.8. The van der Waals surface area contributed by atoms with E-state index in [2.05, 4.69) is 37.6 Å². The molecule has 1 atom stereocenters. The maximum atomic E-state index is 14.8. The molecule has 1 fully saturated rings. The van der Waals surface area contributed by atoms with E-state index < -0.39 is 11.6 Å². The lowest BCUT2D eigenvalue weighted by Crippen LogP contribution is -2.48. The fourth-order valence-corrected chi connectivity index (χ4v) is 6.30. The number of piperidine rings is 1. The number of dihydropyridines is 1. The fraction of sp³-hybridized carbons (Fsp3) is 0.375. The van der Waals surface area contributed by atoms with Crippen molar-refractivity contribution in [1.29, 1.82) is 0 Å². The summed E-state index contributed by atoms with van der Waals surface area (Å²) in [6.45, 7) is 3.97. The molecule has 0 bridgehead atoms. The summed E-state index contributed by atoms with van der Waals surface area (Å²) < 4.78 is 36.7. The Hall–Kier alpha value is -4.18. The van der Waals surface area contributed by atoms with Gasteiger partial charge in [-0.25, -0.2) is 13.8 Å². The zero-order valence-electron chi connectivity index (χ0n) is 24.0. The van der Waals surface area contributed by atoms with E-state index in [9.17, 15) is 13.6 Å². The van der Waals surface area contributed by atoms with E-state index >= 15 is 0 Å². The predicted octanol–water partition coefficient (Wildman–Crippen LogP) is 3.81. The molecular formula is C32H36F2N6O2. The summed E-state index contributed by atoms with van der Waals surface area (Å²) >= 11 is 0. The van der Waals surface area contributed by atoms with Crippen molar-refractivity contribution in [2.75, 3.05) is 33.8 Å². The van der Waals surface area contributed by atoms with Gasteiger partial charge >= 0.3 is 0 Å². The van der Waals surface area contributed by atoms with Crippen LogP contribution in [0, 0.1) is 11.6 Å². The Bertz CT molecular complexity index is 1650. The molecule has 220 valence electrons. The van der Waals surface area contributed by atoms with Gasteiger partial charge in [0.15, 0.2) is 17.1 Å². The number of nitrogens with one attached hydrogen (secondary N) is 2. The van der Waals surface area contributed by atoms with Crippen molar-refractivity contribution in [1.82, 2.24) is 30.0 Å². The van der Waals surface area contributed by atoms with Crippen LogP contribution >= 0.6 is 0 Å². The van der Waals surface area contributed by atoms with Gasteiger partial charge in [-0.15, -0.1) is 0 Å². The van der Waals surface area contributed by atoms with E-state index in [1.54, 1.807) is 13.3 Å². The SMILES string of the molecule is CNC1=CC=C(N2CCCC(N(Cc3ccnc(OC)c3)Cc3cn4c5c(c(F)c(F)cc5c3=O)CC=CC4)C2)CN1. The highest BCUT2D eigenvalue weighted by Crippen LogP contribution is 2.28. The van der Waals surface area contributed by atoms with Crippen LogP contribution in [0.5, 0.6) is 5.88 Å². The van der Waals surface area contributed by atoms with Gasteiger partial charge in [-0.2, -0.15) is 0 Å². The number of likely N-dealkylation sites (tertiary alicyclic amines) is 1. The zero-order valence-corrected chi connectivity index (χ0v) is 24.0. The monoisotopic (exact) mass is 574 g/mol. The third-order valence-corrected chi connectivity index (χ3v) is 8.47. The first kappa shape index (κ1) is 28.0. The molecule has 10 heteroatoms. The second-order valence-electron chi connectivity index (χ2n) is 11.1. The molecule has 3 aromatic rings. The number of methoxy groups -OCH3 is 1. The van der Waals surface area contributed by atoms with Gasteiger partial charge < -0.3 is 24.8 Å².